The Morgan fingerprint density at radius 1 is 1.28 bits per heavy atom. The maximum absolute atomic E-state index is 12.8. The minimum atomic E-state index is -4.35. The summed E-state index contributed by atoms with van der Waals surface area (Å²) in [6.07, 6.45) is -4.35. The Hall–Kier alpha value is -1.27. The van der Waals surface area contributed by atoms with E-state index < -0.39 is 11.7 Å². The molecule has 0 amide bonds. The largest absolute Gasteiger partial charge is 0.418 e. The van der Waals surface area contributed by atoms with E-state index in [2.05, 4.69) is 5.32 Å². The molecule has 1 aliphatic heterocycles. The number of nitrogens with one attached hydrogen (secondary N) is 1. The predicted molar refractivity (Wildman–Crippen MR) is 62.2 cm³/mol. The molecule has 1 aromatic carbocycles. The van der Waals surface area contributed by atoms with Gasteiger partial charge in [0.15, 0.2) is 0 Å². The number of anilines is 1. The molecule has 100 valence electrons. The van der Waals surface area contributed by atoms with E-state index in [9.17, 15) is 13.2 Å². The van der Waals surface area contributed by atoms with Crippen LogP contribution in [0.15, 0.2) is 24.3 Å². The van der Waals surface area contributed by atoms with Crippen molar-refractivity contribution in [3.8, 4) is 0 Å². The zero-order valence-electron chi connectivity index (χ0n) is 9.76. The first-order valence-electron chi connectivity index (χ1n) is 5.65. The Kier molecular flexibility index (Phi) is 3.49. The lowest BCUT2D eigenvalue weighted by Gasteiger charge is -2.40. The molecule has 2 rings (SSSR count). The van der Waals surface area contributed by atoms with E-state index in [0.717, 1.165) is 6.07 Å². The second-order valence-corrected chi connectivity index (χ2v) is 4.59. The maximum Gasteiger partial charge on any atom is 0.418 e. The smallest absolute Gasteiger partial charge is 0.384 e. The van der Waals surface area contributed by atoms with E-state index in [-0.39, 0.29) is 11.1 Å². The Morgan fingerprint density at radius 3 is 2.44 bits per heavy atom. The van der Waals surface area contributed by atoms with E-state index in [1.807, 2.05) is 0 Å². The fraction of sp³-hybridized carbons (Fsp3) is 0.500. The summed E-state index contributed by atoms with van der Waals surface area (Å²) in [5.41, 5.74) is 4.81. The topological polar surface area (TPSA) is 47.3 Å². The van der Waals surface area contributed by atoms with Gasteiger partial charge in [-0.3, -0.25) is 0 Å². The summed E-state index contributed by atoms with van der Waals surface area (Å²) in [5.74, 6) is 0. The number of hydrogen-bond acceptors (Lipinski definition) is 3. The average molecular weight is 260 g/mol. The monoisotopic (exact) mass is 260 g/mol. The number of nitrogens with two attached hydrogens (primary N) is 1. The first-order chi connectivity index (χ1) is 8.47. The van der Waals surface area contributed by atoms with Crippen molar-refractivity contribution in [3.63, 3.8) is 0 Å². The standard InChI is InChI=1S/C12H15F3N2O/c13-12(14,15)9-3-1-2-4-10(9)17-6-11(5-16)7-18-8-11/h1-4,17H,5-8,16H2. The molecule has 18 heavy (non-hydrogen) atoms. The van der Waals surface area contributed by atoms with Gasteiger partial charge in [0, 0.05) is 24.2 Å². The molecule has 1 heterocycles. The highest BCUT2D eigenvalue weighted by Crippen LogP contribution is 2.35. The molecule has 3 N–H and O–H groups in total. The lowest BCUT2D eigenvalue weighted by atomic mass is 9.86. The van der Waals surface area contributed by atoms with Crippen molar-refractivity contribution in [3.05, 3.63) is 29.8 Å². The average Bonchev–Trinajstić information content (AvgIpc) is 2.27. The number of alkyl halides is 3. The second-order valence-electron chi connectivity index (χ2n) is 4.59. The lowest BCUT2D eigenvalue weighted by molar-refractivity contribution is -0.137. The molecule has 0 saturated carbocycles. The number of hydrogen-bond donors (Lipinski definition) is 2. The number of ether oxygens (including phenoxy) is 1. The van der Waals surface area contributed by atoms with E-state index >= 15 is 0 Å². The van der Waals surface area contributed by atoms with Gasteiger partial charge >= 0.3 is 6.18 Å². The van der Waals surface area contributed by atoms with Crippen LogP contribution in [-0.4, -0.2) is 26.3 Å². The molecule has 0 bridgehead atoms. The van der Waals surface area contributed by atoms with E-state index in [1.54, 1.807) is 6.07 Å². The second kappa shape index (κ2) is 4.78. The summed E-state index contributed by atoms with van der Waals surface area (Å²) in [5, 5.41) is 2.83. The number of halogens is 3. The van der Waals surface area contributed by atoms with Crippen molar-refractivity contribution < 1.29 is 17.9 Å². The third-order valence-electron chi connectivity index (χ3n) is 3.14. The van der Waals surface area contributed by atoms with Crippen molar-refractivity contribution in [1.29, 1.82) is 0 Å². The van der Waals surface area contributed by atoms with Gasteiger partial charge in [0.1, 0.15) is 0 Å². The summed E-state index contributed by atoms with van der Waals surface area (Å²) in [6, 6.07) is 5.43. The molecule has 0 radical (unpaired) electrons. The summed E-state index contributed by atoms with van der Waals surface area (Å²) >= 11 is 0. The van der Waals surface area contributed by atoms with E-state index in [0.29, 0.717) is 26.3 Å². The van der Waals surface area contributed by atoms with Crippen LogP contribution in [0, 0.1) is 5.41 Å². The molecular weight excluding hydrogens is 245 g/mol. The lowest BCUT2D eigenvalue weighted by Crippen LogP contribution is -2.52. The summed E-state index contributed by atoms with van der Waals surface area (Å²) in [6.45, 7) is 1.76. The number of rotatable bonds is 4. The van der Waals surface area contributed by atoms with Gasteiger partial charge in [-0.2, -0.15) is 13.2 Å². The first-order valence-corrected chi connectivity index (χ1v) is 5.65. The minimum absolute atomic E-state index is 0.0877. The molecule has 0 spiro atoms. The zero-order valence-corrected chi connectivity index (χ0v) is 9.76. The van der Waals surface area contributed by atoms with Crippen LogP contribution in [0.25, 0.3) is 0 Å². The molecule has 6 heteroatoms. The van der Waals surface area contributed by atoms with Gasteiger partial charge < -0.3 is 15.8 Å². The number of para-hydroxylation sites is 1. The van der Waals surface area contributed by atoms with Crippen LogP contribution in [0.3, 0.4) is 0 Å². The predicted octanol–water partition coefficient (Wildman–Crippen LogP) is 2.09. The molecule has 1 aliphatic rings. The molecule has 0 unspecified atom stereocenters. The SMILES string of the molecule is NCC1(CNc2ccccc2C(F)(F)F)COC1. The summed E-state index contributed by atoms with van der Waals surface area (Å²) < 4.78 is 43.3. The fourth-order valence-electron chi connectivity index (χ4n) is 1.85. The van der Waals surface area contributed by atoms with Gasteiger partial charge in [-0.1, -0.05) is 12.1 Å². The van der Waals surface area contributed by atoms with E-state index in [4.69, 9.17) is 10.5 Å². The minimum Gasteiger partial charge on any atom is -0.384 e. The quantitative estimate of drug-likeness (QED) is 0.871. The third-order valence-corrected chi connectivity index (χ3v) is 3.14. The molecular formula is C12H15F3N2O. The van der Waals surface area contributed by atoms with Gasteiger partial charge in [-0.15, -0.1) is 0 Å². The van der Waals surface area contributed by atoms with Crippen molar-refractivity contribution >= 4 is 5.69 Å². The van der Waals surface area contributed by atoms with Gasteiger partial charge in [0.2, 0.25) is 0 Å². The maximum atomic E-state index is 12.8. The Labute approximate surface area is 103 Å². The van der Waals surface area contributed by atoms with Crippen molar-refractivity contribution in [2.24, 2.45) is 11.1 Å². The Morgan fingerprint density at radius 2 is 1.94 bits per heavy atom. The van der Waals surface area contributed by atoms with Crippen molar-refractivity contribution in [1.82, 2.24) is 0 Å². The van der Waals surface area contributed by atoms with Crippen LogP contribution in [-0.2, 0) is 10.9 Å². The van der Waals surface area contributed by atoms with Crippen LogP contribution in [0.2, 0.25) is 0 Å². The van der Waals surface area contributed by atoms with Gasteiger partial charge in [-0.25, -0.2) is 0 Å². The van der Waals surface area contributed by atoms with Crippen molar-refractivity contribution in [2.45, 2.75) is 6.18 Å². The first kappa shape index (κ1) is 13.2. The molecule has 0 atom stereocenters. The highest BCUT2D eigenvalue weighted by molar-refractivity contribution is 5.52. The van der Waals surface area contributed by atoms with Gasteiger partial charge in [0.05, 0.1) is 18.8 Å². The Bertz CT molecular complexity index is 411. The van der Waals surface area contributed by atoms with E-state index in [1.165, 1.54) is 12.1 Å². The van der Waals surface area contributed by atoms with Crippen LogP contribution >= 0.6 is 0 Å². The molecule has 0 aliphatic carbocycles. The molecule has 3 nitrogen and oxygen atoms in total. The van der Waals surface area contributed by atoms with Crippen LogP contribution in [0.4, 0.5) is 18.9 Å². The molecule has 1 saturated heterocycles. The highest BCUT2D eigenvalue weighted by Gasteiger charge is 2.38. The highest BCUT2D eigenvalue weighted by atomic mass is 19.4. The number of benzene rings is 1. The van der Waals surface area contributed by atoms with Gasteiger partial charge in [0.25, 0.3) is 0 Å². The molecule has 1 fully saturated rings. The normalized spacial score (nSPS) is 18.2. The third kappa shape index (κ3) is 2.59. The van der Waals surface area contributed by atoms with Gasteiger partial charge in [-0.05, 0) is 12.1 Å². The molecule has 0 aromatic heterocycles. The Balaban J connectivity index is 2.10. The van der Waals surface area contributed by atoms with Crippen LogP contribution in [0.1, 0.15) is 5.56 Å². The molecule has 1 aromatic rings. The summed E-state index contributed by atoms with van der Waals surface area (Å²) in [4.78, 5) is 0. The van der Waals surface area contributed by atoms with Crippen LogP contribution in [0.5, 0.6) is 0 Å². The summed E-state index contributed by atoms with van der Waals surface area (Å²) in [7, 11) is 0. The van der Waals surface area contributed by atoms with Crippen molar-refractivity contribution in [2.75, 3.05) is 31.6 Å². The zero-order chi connectivity index (χ0) is 13.2. The fourth-order valence-corrected chi connectivity index (χ4v) is 1.85. The van der Waals surface area contributed by atoms with Crippen LogP contribution < -0.4 is 11.1 Å².